The quantitative estimate of drug-likeness (QED) is 0.557. The molecular weight excluding hydrogens is 448 g/mol. The van der Waals surface area contributed by atoms with Gasteiger partial charge in [0.15, 0.2) is 5.60 Å². The smallest absolute Gasteiger partial charge is 0.349 e. The van der Waals surface area contributed by atoms with E-state index in [1.54, 1.807) is 31.9 Å². The number of ether oxygens (including phenoxy) is 2. The third-order valence-corrected chi connectivity index (χ3v) is 4.52. The molecule has 2 aromatic rings. The van der Waals surface area contributed by atoms with Crippen molar-refractivity contribution in [3.63, 3.8) is 0 Å². The van der Waals surface area contributed by atoms with Crippen LogP contribution in [-0.2, 0) is 16.1 Å². The summed E-state index contributed by atoms with van der Waals surface area (Å²) in [6, 6.07) is 16.8. The predicted molar refractivity (Wildman–Crippen MR) is 120 cm³/mol. The van der Waals surface area contributed by atoms with Crippen LogP contribution >= 0.6 is 17.0 Å². The molecule has 30 heavy (non-hydrogen) atoms. The number of hydrogen-bond donors (Lipinski definition) is 0. The summed E-state index contributed by atoms with van der Waals surface area (Å²) >= 11 is 0. The Morgan fingerprint density at radius 2 is 1.67 bits per heavy atom. The number of hydrogen-bond acceptors (Lipinski definition) is 5. The molecule has 0 aliphatic carbocycles. The van der Waals surface area contributed by atoms with Crippen LogP contribution in [0.3, 0.4) is 0 Å². The van der Waals surface area contributed by atoms with Crippen LogP contribution in [0, 0.1) is 0 Å². The van der Waals surface area contributed by atoms with Gasteiger partial charge in [-0.15, -0.1) is 17.0 Å². The number of nitrogens with zero attached hydrogens (tertiary/aromatic N) is 2. The zero-order valence-electron chi connectivity index (χ0n) is 17.4. The number of carbonyl (C=O) groups is 2. The van der Waals surface area contributed by atoms with E-state index in [-0.39, 0.29) is 22.9 Å². The molecule has 0 aromatic heterocycles. The maximum absolute atomic E-state index is 12.5. The maximum atomic E-state index is 12.5. The van der Waals surface area contributed by atoms with Gasteiger partial charge in [-0.1, -0.05) is 30.3 Å². The van der Waals surface area contributed by atoms with E-state index in [1.165, 1.54) is 0 Å². The van der Waals surface area contributed by atoms with Crippen molar-refractivity contribution in [2.75, 3.05) is 13.3 Å². The van der Waals surface area contributed by atoms with Gasteiger partial charge in [0.2, 0.25) is 0 Å². The molecule has 1 heterocycles. The van der Waals surface area contributed by atoms with Gasteiger partial charge in [-0.05, 0) is 50.6 Å². The minimum atomic E-state index is -1.05. The van der Waals surface area contributed by atoms with Crippen LogP contribution in [0.5, 0.6) is 5.75 Å². The Hall–Kier alpha value is -2.80. The van der Waals surface area contributed by atoms with Crippen LogP contribution in [0.25, 0.3) is 0 Å². The Kier molecular flexibility index (Phi) is 8.06. The van der Waals surface area contributed by atoms with Crippen LogP contribution in [0.2, 0.25) is 0 Å². The first-order chi connectivity index (χ1) is 13.9. The number of esters is 1. The molecule has 0 saturated carbocycles. The lowest BCUT2D eigenvalue weighted by molar-refractivity contribution is -0.158. The van der Waals surface area contributed by atoms with Crippen molar-refractivity contribution in [2.45, 2.75) is 32.9 Å². The highest BCUT2D eigenvalue weighted by Crippen LogP contribution is 2.22. The normalized spacial score (nSPS) is 13.0. The van der Waals surface area contributed by atoms with E-state index < -0.39 is 11.6 Å². The summed E-state index contributed by atoms with van der Waals surface area (Å²) in [6.45, 7) is 6.62. The van der Waals surface area contributed by atoms with Crippen molar-refractivity contribution in [3.8, 4) is 5.75 Å². The third kappa shape index (κ3) is 5.86. The molecule has 0 fully saturated rings. The van der Waals surface area contributed by atoms with Crippen molar-refractivity contribution in [2.24, 2.45) is 0 Å². The largest absolute Gasteiger partial charge is 0.476 e. The molecule has 2 aromatic carbocycles. The van der Waals surface area contributed by atoms with E-state index >= 15 is 0 Å². The molecule has 7 heteroatoms. The molecule has 0 bridgehead atoms. The topological polar surface area (TPSA) is 59.1 Å². The Labute approximate surface area is 187 Å². The molecule has 0 radical (unpaired) electrons. The predicted octanol–water partition coefficient (Wildman–Crippen LogP) is 4.37. The molecule has 3 rings (SSSR count). The molecule has 1 aliphatic heterocycles. The molecule has 1 aliphatic rings. The Morgan fingerprint density at radius 1 is 1.00 bits per heavy atom. The van der Waals surface area contributed by atoms with Gasteiger partial charge in [-0.3, -0.25) is 9.69 Å². The fraction of sp³-hybridized carbons (Fsp3) is 0.304. The molecule has 0 saturated heterocycles. The van der Waals surface area contributed by atoms with Gasteiger partial charge in [-0.2, -0.15) is 0 Å². The first kappa shape index (κ1) is 23.5. The average molecular weight is 475 g/mol. The highest BCUT2D eigenvalue weighted by atomic mass is 79.9. The van der Waals surface area contributed by atoms with E-state index in [4.69, 9.17) is 9.47 Å². The zero-order valence-corrected chi connectivity index (χ0v) is 19.1. The van der Waals surface area contributed by atoms with E-state index in [9.17, 15) is 9.59 Å². The molecule has 0 spiro atoms. The summed E-state index contributed by atoms with van der Waals surface area (Å²) in [6.07, 6.45) is 3.71. The summed E-state index contributed by atoms with van der Waals surface area (Å²) in [5.74, 6) is 0.188. The fourth-order valence-corrected chi connectivity index (χ4v) is 2.98. The molecule has 1 amide bonds. The van der Waals surface area contributed by atoms with Gasteiger partial charge in [0.1, 0.15) is 5.75 Å². The summed E-state index contributed by atoms with van der Waals surface area (Å²) in [4.78, 5) is 28.2. The van der Waals surface area contributed by atoms with E-state index in [0.717, 1.165) is 5.56 Å². The molecule has 0 atom stereocenters. The van der Waals surface area contributed by atoms with Crippen molar-refractivity contribution >= 4 is 28.9 Å². The highest BCUT2D eigenvalue weighted by Gasteiger charge is 2.31. The lowest BCUT2D eigenvalue weighted by Crippen LogP contribution is -2.39. The molecule has 0 unspecified atom stereocenters. The average Bonchev–Trinajstić information content (AvgIpc) is 3.18. The van der Waals surface area contributed by atoms with Gasteiger partial charge in [0, 0.05) is 24.5 Å². The van der Waals surface area contributed by atoms with Crippen LogP contribution in [0.1, 0.15) is 36.7 Å². The number of rotatable bonds is 7. The number of benzene rings is 2. The number of carbonyl (C=O) groups excluding carboxylic acids is 2. The van der Waals surface area contributed by atoms with Crippen molar-refractivity contribution in [1.29, 1.82) is 0 Å². The highest BCUT2D eigenvalue weighted by molar-refractivity contribution is 8.93. The molecule has 160 valence electrons. The fourth-order valence-electron chi connectivity index (χ4n) is 2.98. The van der Waals surface area contributed by atoms with E-state index in [1.807, 2.05) is 60.8 Å². The number of amides is 1. The summed E-state index contributed by atoms with van der Waals surface area (Å²) in [5.41, 5.74) is 0.697. The van der Waals surface area contributed by atoms with Crippen molar-refractivity contribution < 1.29 is 19.1 Å². The Morgan fingerprint density at radius 3 is 2.30 bits per heavy atom. The Balaban J connectivity index is 0.00000320. The van der Waals surface area contributed by atoms with Crippen molar-refractivity contribution in [1.82, 2.24) is 9.80 Å². The lowest BCUT2D eigenvalue weighted by Gasteiger charge is -2.24. The first-order valence-corrected chi connectivity index (χ1v) is 9.62. The van der Waals surface area contributed by atoms with Crippen LogP contribution in [-0.4, -0.2) is 40.6 Å². The van der Waals surface area contributed by atoms with Gasteiger partial charge in [0.25, 0.3) is 5.91 Å². The first-order valence-electron chi connectivity index (χ1n) is 9.62. The second kappa shape index (κ2) is 10.3. The summed E-state index contributed by atoms with van der Waals surface area (Å²) in [7, 11) is 0. The molecule has 0 N–H and O–H groups in total. The second-order valence-corrected chi connectivity index (χ2v) is 7.30. The minimum absolute atomic E-state index is 0. The monoisotopic (exact) mass is 474 g/mol. The van der Waals surface area contributed by atoms with Crippen LogP contribution in [0.4, 0.5) is 0 Å². The molecule has 6 nitrogen and oxygen atoms in total. The second-order valence-electron chi connectivity index (χ2n) is 7.30. The van der Waals surface area contributed by atoms with Crippen LogP contribution in [0.15, 0.2) is 67.0 Å². The lowest BCUT2D eigenvalue weighted by atomic mass is 10.1. The van der Waals surface area contributed by atoms with Crippen molar-refractivity contribution in [3.05, 3.63) is 78.1 Å². The van der Waals surface area contributed by atoms with Gasteiger partial charge < -0.3 is 14.4 Å². The zero-order chi connectivity index (χ0) is 20.9. The minimum Gasteiger partial charge on any atom is -0.476 e. The van der Waals surface area contributed by atoms with Gasteiger partial charge in [0.05, 0.1) is 13.3 Å². The standard InChI is InChI=1S/C23H26N2O4.BrH/c1-4-28-22(27)23(2,3)29-20-12-10-18(11-13-20)16-24-14-15-25(17-24)21(26)19-8-6-5-7-9-19;/h5-15H,4,16-17H2,1-3H3;1H. The Bertz CT molecular complexity index is 882. The van der Waals surface area contributed by atoms with E-state index in [0.29, 0.717) is 31.1 Å². The van der Waals surface area contributed by atoms with Gasteiger partial charge >= 0.3 is 5.97 Å². The summed E-state index contributed by atoms with van der Waals surface area (Å²) < 4.78 is 10.8. The SMILES string of the molecule is Br.CCOC(=O)C(C)(C)Oc1ccc(CN2C=CN(C(=O)c3ccccc3)C2)cc1. The molecular formula is C23H27BrN2O4. The number of halogens is 1. The summed E-state index contributed by atoms with van der Waals surface area (Å²) in [5, 5.41) is 0. The third-order valence-electron chi connectivity index (χ3n) is 4.52. The van der Waals surface area contributed by atoms with E-state index in [2.05, 4.69) is 4.90 Å². The van der Waals surface area contributed by atoms with Crippen LogP contribution < -0.4 is 4.74 Å². The maximum Gasteiger partial charge on any atom is 0.349 e. The van der Waals surface area contributed by atoms with Gasteiger partial charge in [-0.25, -0.2) is 4.79 Å².